The fraction of sp³-hybridized carbons (Fsp3) is 0.500. The molecule has 1 aliphatic heterocycles. The molecule has 1 N–H and O–H groups in total. The Kier molecular flexibility index (Phi) is 11.0. The van der Waals surface area contributed by atoms with E-state index in [-0.39, 0.29) is 35.7 Å². The maximum atomic E-state index is 12.5. The molecule has 11 heteroatoms. The van der Waals surface area contributed by atoms with E-state index in [1.807, 2.05) is 18.2 Å². The predicted molar refractivity (Wildman–Crippen MR) is 183 cm³/mol. The van der Waals surface area contributed by atoms with Crippen LogP contribution >= 0.6 is 0 Å². The van der Waals surface area contributed by atoms with E-state index < -0.39 is 6.09 Å². The zero-order chi connectivity index (χ0) is 34.3. The van der Waals surface area contributed by atoms with Gasteiger partial charge in [-0.2, -0.15) is 0 Å². The molecule has 3 saturated carbocycles. The first kappa shape index (κ1) is 34.2. The van der Waals surface area contributed by atoms with Crippen LogP contribution in [0.5, 0.6) is 17.4 Å². The van der Waals surface area contributed by atoms with Crippen molar-refractivity contribution < 1.29 is 33.3 Å². The second kappa shape index (κ2) is 15.7. The number of nitrogens with one attached hydrogen (secondary N) is 1. The summed E-state index contributed by atoms with van der Waals surface area (Å²) in [6, 6.07) is 12.8. The fourth-order valence-electron chi connectivity index (χ4n) is 7.80. The van der Waals surface area contributed by atoms with Gasteiger partial charge < -0.3 is 29.2 Å². The molecule has 0 radical (unpaired) electrons. The van der Waals surface area contributed by atoms with Crippen molar-refractivity contribution in [2.45, 2.75) is 76.4 Å². The standard InChI is InChI=1S/C20H27NO5.C18H19N3O2/c1-13(22)16-11-21(20(23)25-3)12-17(16)14-8-9-18(24-2)19(10-14)26-15-6-4-5-7-15;22-17(21-14-5-8-19-9-6-14)15-2-1-7-20-18(15)23-16-11-12-3-4-13(16)10-12/h8-10,15-17H,4-7,11-12H2,1-3H3;1-2,5-9,12-13,16H,3-4,10-11H2,(H,19,21,22)/t16-,17+;12?,13?,16-/m10/s1. The van der Waals surface area contributed by atoms with Crippen LogP contribution < -0.4 is 19.5 Å². The second-order valence-corrected chi connectivity index (χ2v) is 13.5. The van der Waals surface area contributed by atoms with Crippen molar-refractivity contribution in [3.63, 3.8) is 0 Å². The normalized spacial score (nSPS) is 24.1. The first-order valence-corrected chi connectivity index (χ1v) is 17.3. The Morgan fingerprint density at radius 2 is 1.67 bits per heavy atom. The Hall–Kier alpha value is -4.67. The Morgan fingerprint density at radius 3 is 2.35 bits per heavy atom. The number of nitrogens with zero attached hydrogens (tertiary/aromatic N) is 3. The van der Waals surface area contributed by atoms with Gasteiger partial charge in [0.1, 0.15) is 17.5 Å². The summed E-state index contributed by atoms with van der Waals surface area (Å²) < 4.78 is 22.6. The summed E-state index contributed by atoms with van der Waals surface area (Å²) in [4.78, 5) is 46.4. The van der Waals surface area contributed by atoms with Crippen LogP contribution in [0.15, 0.2) is 61.1 Å². The van der Waals surface area contributed by atoms with E-state index in [2.05, 4.69) is 15.3 Å². The number of carbonyl (C=O) groups is 3. The van der Waals surface area contributed by atoms with Crippen molar-refractivity contribution in [3.05, 3.63) is 72.2 Å². The molecule has 5 atom stereocenters. The number of ether oxygens (including phenoxy) is 4. The number of carbonyl (C=O) groups excluding carboxylic acids is 3. The third kappa shape index (κ3) is 8.14. The average Bonchev–Trinajstić information content (AvgIpc) is 3.95. The number of pyridine rings is 2. The summed E-state index contributed by atoms with van der Waals surface area (Å²) in [5, 5.41) is 2.86. The van der Waals surface area contributed by atoms with E-state index in [1.165, 1.54) is 39.2 Å². The van der Waals surface area contributed by atoms with Gasteiger partial charge in [0.05, 0.1) is 20.3 Å². The number of likely N-dealkylation sites (tertiary alicyclic amines) is 1. The minimum atomic E-state index is -0.394. The Balaban J connectivity index is 0.000000171. The number of fused-ring (bicyclic) bond motifs is 2. The van der Waals surface area contributed by atoms with Crippen LogP contribution in [0.1, 0.15) is 80.1 Å². The largest absolute Gasteiger partial charge is 0.493 e. The van der Waals surface area contributed by atoms with Gasteiger partial charge in [0.2, 0.25) is 5.88 Å². The summed E-state index contributed by atoms with van der Waals surface area (Å²) in [6.07, 6.45) is 14.4. The van der Waals surface area contributed by atoms with Crippen molar-refractivity contribution in [1.82, 2.24) is 14.9 Å². The van der Waals surface area contributed by atoms with Gasteiger partial charge in [-0.15, -0.1) is 0 Å². The zero-order valence-corrected chi connectivity index (χ0v) is 28.5. The van der Waals surface area contributed by atoms with E-state index in [1.54, 1.807) is 61.8 Å². The average molecular weight is 671 g/mol. The van der Waals surface area contributed by atoms with Gasteiger partial charge in [-0.05, 0) is 112 Å². The molecule has 3 aromatic rings. The van der Waals surface area contributed by atoms with E-state index in [4.69, 9.17) is 18.9 Å². The molecule has 2 unspecified atom stereocenters. The molecule has 3 aliphatic carbocycles. The third-order valence-corrected chi connectivity index (χ3v) is 10.4. The number of amides is 2. The molecule has 1 saturated heterocycles. The highest BCUT2D eigenvalue weighted by Crippen LogP contribution is 2.46. The lowest BCUT2D eigenvalue weighted by Gasteiger charge is -2.23. The molecule has 0 spiro atoms. The second-order valence-electron chi connectivity index (χ2n) is 13.5. The van der Waals surface area contributed by atoms with Crippen molar-refractivity contribution >= 4 is 23.5 Å². The number of ketones is 1. The van der Waals surface area contributed by atoms with Gasteiger partial charge in [0, 0.05) is 49.2 Å². The molecule has 2 bridgehead atoms. The SMILES string of the molecule is COC(=O)N1C[C@H](C(C)=O)[C@H](c2ccc(OC)c(OC3CCCC3)c2)C1.O=C(Nc1ccncc1)c1cccnc1O[C@H]1CC2CCC1C2. The Morgan fingerprint density at radius 1 is 0.878 bits per heavy atom. The van der Waals surface area contributed by atoms with Gasteiger partial charge in [-0.25, -0.2) is 9.78 Å². The van der Waals surface area contributed by atoms with Crippen LogP contribution in [-0.2, 0) is 9.53 Å². The van der Waals surface area contributed by atoms with Crippen LogP contribution in [0.4, 0.5) is 10.5 Å². The summed E-state index contributed by atoms with van der Waals surface area (Å²) in [5.41, 5.74) is 2.18. The number of methoxy groups -OCH3 is 2. The maximum absolute atomic E-state index is 12.5. The van der Waals surface area contributed by atoms with Crippen molar-refractivity contribution in [2.24, 2.45) is 17.8 Å². The molecule has 7 rings (SSSR count). The summed E-state index contributed by atoms with van der Waals surface area (Å²) in [6.45, 7) is 2.43. The van der Waals surface area contributed by atoms with Crippen LogP contribution in [0.2, 0.25) is 0 Å². The van der Waals surface area contributed by atoms with E-state index in [0.717, 1.165) is 36.5 Å². The van der Waals surface area contributed by atoms with E-state index in [9.17, 15) is 14.4 Å². The van der Waals surface area contributed by atoms with Crippen LogP contribution in [0.25, 0.3) is 0 Å². The Bertz CT molecular complexity index is 1610. The minimum Gasteiger partial charge on any atom is -0.493 e. The van der Waals surface area contributed by atoms with Gasteiger partial charge in [-0.1, -0.05) is 6.07 Å². The molecular weight excluding hydrogens is 624 g/mol. The molecule has 4 fully saturated rings. The number of anilines is 1. The van der Waals surface area contributed by atoms with Crippen molar-refractivity contribution in [3.8, 4) is 17.4 Å². The Labute approximate surface area is 287 Å². The number of benzene rings is 1. The number of rotatable bonds is 9. The third-order valence-electron chi connectivity index (χ3n) is 10.4. The summed E-state index contributed by atoms with van der Waals surface area (Å²) in [7, 11) is 2.99. The smallest absolute Gasteiger partial charge is 0.409 e. The molecule has 11 nitrogen and oxygen atoms in total. The predicted octanol–water partition coefficient (Wildman–Crippen LogP) is 6.68. The summed E-state index contributed by atoms with van der Waals surface area (Å²) >= 11 is 0. The van der Waals surface area contributed by atoms with Gasteiger partial charge in [0.15, 0.2) is 11.5 Å². The molecule has 2 aromatic heterocycles. The van der Waals surface area contributed by atoms with Gasteiger partial charge in [-0.3, -0.25) is 14.6 Å². The first-order chi connectivity index (χ1) is 23.8. The molecule has 3 heterocycles. The van der Waals surface area contributed by atoms with Gasteiger partial charge >= 0.3 is 6.09 Å². The number of aromatic nitrogens is 2. The molecule has 1 aromatic carbocycles. The number of hydrogen-bond donors (Lipinski definition) is 1. The summed E-state index contributed by atoms with van der Waals surface area (Å²) in [5.74, 6) is 2.85. The maximum Gasteiger partial charge on any atom is 0.409 e. The fourth-order valence-corrected chi connectivity index (χ4v) is 7.80. The van der Waals surface area contributed by atoms with E-state index >= 15 is 0 Å². The quantitative estimate of drug-likeness (QED) is 0.265. The minimum absolute atomic E-state index is 0.0663. The monoisotopic (exact) mass is 670 g/mol. The molecular formula is C38H46N4O7. The number of hydrogen-bond acceptors (Lipinski definition) is 9. The molecule has 4 aliphatic rings. The first-order valence-electron chi connectivity index (χ1n) is 17.3. The molecule has 260 valence electrons. The zero-order valence-electron chi connectivity index (χ0n) is 28.5. The number of Topliss-reactive ketones (excluding diaryl/α,β-unsaturated/α-hetero) is 1. The highest BCUT2D eigenvalue weighted by molar-refractivity contribution is 6.05. The van der Waals surface area contributed by atoms with Crippen LogP contribution in [0, 0.1) is 17.8 Å². The van der Waals surface area contributed by atoms with Crippen molar-refractivity contribution in [2.75, 3.05) is 32.6 Å². The topological polar surface area (TPSA) is 129 Å². The van der Waals surface area contributed by atoms with E-state index in [0.29, 0.717) is 41.9 Å². The van der Waals surface area contributed by atoms with Crippen LogP contribution in [0.3, 0.4) is 0 Å². The van der Waals surface area contributed by atoms with Crippen molar-refractivity contribution in [1.29, 1.82) is 0 Å². The highest BCUT2D eigenvalue weighted by Gasteiger charge is 2.42. The molecule has 2 amide bonds. The van der Waals surface area contributed by atoms with Crippen LogP contribution in [-0.4, -0.2) is 72.2 Å². The lowest BCUT2D eigenvalue weighted by molar-refractivity contribution is -0.120. The molecule has 49 heavy (non-hydrogen) atoms. The van der Waals surface area contributed by atoms with Gasteiger partial charge in [0.25, 0.3) is 5.91 Å². The lowest BCUT2D eigenvalue weighted by Crippen LogP contribution is -2.29. The lowest BCUT2D eigenvalue weighted by atomic mass is 9.86. The highest BCUT2D eigenvalue weighted by atomic mass is 16.5.